The maximum atomic E-state index is 12.7. The van der Waals surface area contributed by atoms with Crippen LogP contribution in [0.15, 0.2) is 46.9 Å². The van der Waals surface area contributed by atoms with Gasteiger partial charge in [-0.25, -0.2) is 0 Å². The molecule has 0 aliphatic rings. The van der Waals surface area contributed by atoms with Gasteiger partial charge in [-0.15, -0.1) is 0 Å². The highest BCUT2D eigenvalue weighted by atomic mass is 79.9. The first-order valence-electron chi connectivity index (χ1n) is 7.96. The molecule has 24 heavy (non-hydrogen) atoms. The van der Waals surface area contributed by atoms with Gasteiger partial charge in [-0.3, -0.25) is 4.79 Å². The summed E-state index contributed by atoms with van der Waals surface area (Å²) in [4.78, 5) is 12.7. The summed E-state index contributed by atoms with van der Waals surface area (Å²) in [7, 11) is 0. The Labute approximate surface area is 151 Å². The van der Waals surface area contributed by atoms with Gasteiger partial charge < -0.3 is 14.8 Å². The van der Waals surface area contributed by atoms with Gasteiger partial charge in [-0.2, -0.15) is 0 Å². The Kier molecular flexibility index (Phi) is 6.67. The van der Waals surface area contributed by atoms with Gasteiger partial charge in [0.15, 0.2) is 0 Å². The second-order valence-corrected chi connectivity index (χ2v) is 6.64. The molecule has 1 amide bonds. The van der Waals surface area contributed by atoms with Crippen molar-refractivity contribution >= 4 is 27.5 Å². The van der Waals surface area contributed by atoms with Crippen LogP contribution in [-0.4, -0.2) is 19.1 Å². The van der Waals surface area contributed by atoms with Gasteiger partial charge in [0.25, 0.3) is 5.91 Å². The number of halogens is 1. The number of para-hydroxylation sites is 2. The number of anilines is 1. The average molecular weight is 392 g/mol. The van der Waals surface area contributed by atoms with E-state index in [-0.39, 0.29) is 5.91 Å². The molecule has 5 heteroatoms. The Bertz CT molecular complexity index is 701. The maximum absolute atomic E-state index is 12.7. The number of carbonyl (C=O) groups excluding carboxylic acids is 1. The second kappa shape index (κ2) is 8.73. The molecule has 4 nitrogen and oxygen atoms in total. The quantitative estimate of drug-likeness (QED) is 0.710. The van der Waals surface area contributed by atoms with Gasteiger partial charge in [0.05, 0.1) is 24.5 Å². The van der Waals surface area contributed by atoms with E-state index < -0.39 is 0 Å². The fourth-order valence-corrected chi connectivity index (χ4v) is 2.46. The van der Waals surface area contributed by atoms with Crippen LogP contribution in [0.25, 0.3) is 0 Å². The first-order valence-corrected chi connectivity index (χ1v) is 8.76. The first-order chi connectivity index (χ1) is 11.5. The fourth-order valence-electron chi connectivity index (χ4n) is 2.10. The van der Waals surface area contributed by atoms with Gasteiger partial charge in [0.2, 0.25) is 0 Å². The Hall–Kier alpha value is -2.01. The maximum Gasteiger partial charge on any atom is 0.259 e. The predicted octanol–water partition coefficient (Wildman–Crippen LogP) is 5.13. The van der Waals surface area contributed by atoms with Crippen molar-refractivity contribution in [3.8, 4) is 11.5 Å². The van der Waals surface area contributed by atoms with Gasteiger partial charge in [0.1, 0.15) is 11.5 Å². The molecule has 0 saturated carbocycles. The van der Waals surface area contributed by atoms with E-state index >= 15 is 0 Å². The average Bonchev–Trinajstić information content (AvgIpc) is 2.55. The van der Waals surface area contributed by atoms with Gasteiger partial charge >= 0.3 is 0 Å². The standard InChI is InChI=1S/C19H22BrNO3/c1-4-23-18-8-6-5-7-16(18)21-19(22)15-11-14(20)9-10-17(15)24-12-13(2)3/h5-11,13H,4,12H2,1-3H3,(H,21,22). The third kappa shape index (κ3) is 4.99. The van der Waals surface area contributed by atoms with Crippen LogP contribution in [0.3, 0.4) is 0 Å². The Morgan fingerprint density at radius 1 is 1.12 bits per heavy atom. The molecule has 128 valence electrons. The van der Waals surface area contributed by atoms with Crippen molar-refractivity contribution < 1.29 is 14.3 Å². The molecule has 2 rings (SSSR count). The monoisotopic (exact) mass is 391 g/mol. The molecule has 0 atom stereocenters. The number of hydrogen-bond acceptors (Lipinski definition) is 3. The zero-order chi connectivity index (χ0) is 17.5. The molecule has 0 aromatic heterocycles. The summed E-state index contributed by atoms with van der Waals surface area (Å²) in [5, 5.41) is 2.90. The van der Waals surface area contributed by atoms with Crippen LogP contribution >= 0.6 is 15.9 Å². The summed E-state index contributed by atoms with van der Waals surface area (Å²) in [6, 6.07) is 12.8. The molecule has 0 aliphatic carbocycles. The minimum absolute atomic E-state index is 0.234. The largest absolute Gasteiger partial charge is 0.492 e. The normalized spacial score (nSPS) is 10.5. The third-order valence-corrected chi connectivity index (χ3v) is 3.69. The summed E-state index contributed by atoms with van der Waals surface area (Å²) in [5.74, 6) is 1.36. The van der Waals surface area contributed by atoms with Crippen molar-refractivity contribution in [1.29, 1.82) is 0 Å². The number of amides is 1. The van der Waals surface area contributed by atoms with Crippen molar-refractivity contribution in [3.63, 3.8) is 0 Å². The second-order valence-electron chi connectivity index (χ2n) is 5.73. The van der Waals surface area contributed by atoms with Gasteiger partial charge in [0, 0.05) is 4.47 Å². The lowest BCUT2D eigenvalue weighted by atomic mass is 10.1. The fraction of sp³-hybridized carbons (Fsp3) is 0.316. The Balaban J connectivity index is 2.24. The van der Waals surface area contributed by atoms with Crippen molar-refractivity contribution in [2.24, 2.45) is 5.92 Å². The van der Waals surface area contributed by atoms with Crippen LogP contribution in [0.1, 0.15) is 31.1 Å². The number of hydrogen-bond donors (Lipinski definition) is 1. The molecule has 0 unspecified atom stereocenters. The molecule has 2 aromatic rings. The molecule has 0 aliphatic heterocycles. The molecular weight excluding hydrogens is 370 g/mol. The van der Waals surface area contributed by atoms with Crippen molar-refractivity contribution in [3.05, 3.63) is 52.5 Å². The first kappa shape index (κ1) is 18.3. The summed E-state index contributed by atoms with van der Waals surface area (Å²) < 4.78 is 12.2. The molecule has 0 radical (unpaired) electrons. The highest BCUT2D eigenvalue weighted by molar-refractivity contribution is 9.10. The lowest BCUT2D eigenvalue weighted by Crippen LogP contribution is -2.15. The van der Waals surface area contributed by atoms with Gasteiger partial charge in [-0.05, 0) is 43.2 Å². The highest BCUT2D eigenvalue weighted by Crippen LogP contribution is 2.28. The molecular formula is C19H22BrNO3. The third-order valence-electron chi connectivity index (χ3n) is 3.19. The van der Waals surface area contributed by atoms with E-state index in [1.54, 1.807) is 12.1 Å². The number of rotatable bonds is 7. The van der Waals surface area contributed by atoms with E-state index in [1.807, 2.05) is 37.3 Å². The molecule has 0 spiro atoms. The van der Waals surface area contributed by atoms with Gasteiger partial charge in [-0.1, -0.05) is 41.9 Å². The highest BCUT2D eigenvalue weighted by Gasteiger charge is 2.16. The number of nitrogens with one attached hydrogen (secondary N) is 1. The van der Waals surface area contributed by atoms with Crippen molar-refractivity contribution in [2.75, 3.05) is 18.5 Å². The molecule has 0 fully saturated rings. The summed E-state index contributed by atoms with van der Waals surface area (Å²) in [5.41, 5.74) is 1.12. The molecule has 0 bridgehead atoms. The van der Waals surface area contributed by atoms with Crippen molar-refractivity contribution in [2.45, 2.75) is 20.8 Å². The minimum Gasteiger partial charge on any atom is -0.492 e. The van der Waals surface area contributed by atoms with Crippen LogP contribution < -0.4 is 14.8 Å². The topological polar surface area (TPSA) is 47.6 Å². The summed E-state index contributed by atoms with van der Waals surface area (Å²) >= 11 is 3.41. The minimum atomic E-state index is -0.234. The van der Waals surface area contributed by atoms with Crippen LogP contribution in [0, 0.1) is 5.92 Å². The molecule has 0 heterocycles. The zero-order valence-electron chi connectivity index (χ0n) is 14.1. The lowest BCUT2D eigenvalue weighted by Gasteiger charge is -2.15. The zero-order valence-corrected chi connectivity index (χ0v) is 15.7. The van der Waals surface area contributed by atoms with Crippen LogP contribution in [0.5, 0.6) is 11.5 Å². The Morgan fingerprint density at radius 3 is 2.58 bits per heavy atom. The molecule has 0 saturated heterocycles. The predicted molar refractivity (Wildman–Crippen MR) is 100 cm³/mol. The van der Waals surface area contributed by atoms with Crippen LogP contribution in [0.4, 0.5) is 5.69 Å². The molecule has 1 N–H and O–H groups in total. The van der Waals surface area contributed by atoms with E-state index in [9.17, 15) is 4.79 Å². The summed E-state index contributed by atoms with van der Waals surface area (Å²) in [6.45, 7) is 7.13. The number of ether oxygens (including phenoxy) is 2. The number of benzene rings is 2. The van der Waals surface area contributed by atoms with E-state index in [0.29, 0.717) is 41.9 Å². The lowest BCUT2D eigenvalue weighted by molar-refractivity contribution is 0.102. The van der Waals surface area contributed by atoms with E-state index in [0.717, 1.165) is 4.47 Å². The molecule has 2 aromatic carbocycles. The van der Waals surface area contributed by atoms with E-state index in [1.165, 1.54) is 0 Å². The van der Waals surface area contributed by atoms with Crippen molar-refractivity contribution in [1.82, 2.24) is 0 Å². The Morgan fingerprint density at radius 2 is 1.88 bits per heavy atom. The number of carbonyl (C=O) groups is 1. The summed E-state index contributed by atoms with van der Waals surface area (Å²) in [6.07, 6.45) is 0. The smallest absolute Gasteiger partial charge is 0.259 e. The van der Waals surface area contributed by atoms with Crippen LogP contribution in [-0.2, 0) is 0 Å². The van der Waals surface area contributed by atoms with E-state index in [2.05, 4.69) is 35.1 Å². The van der Waals surface area contributed by atoms with Crippen LogP contribution in [0.2, 0.25) is 0 Å². The SMILES string of the molecule is CCOc1ccccc1NC(=O)c1cc(Br)ccc1OCC(C)C. The van der Waals surface area contributed by atoms with E-state index in [4.69, 9.17) is 9.47 Å².